The van der Waals surface area contributed by atoms with Crippen molar-refractivity contribution in [3.8, 4) is 0 Å². The van der Waals surface area contributed by atoms with Gasteiger partial charge in [0, 0.05) is 25.0 Å². The van der Waals surface area contributed by atoms with Crippen molar-refractivity contribution in [3.63, 3.8) is 0 Å². The minimum absolute atomic E-state index is 0.206. The van der Waals surface area contributed by atoms with E-state index in [0.717, 1.165) is 5.82 Å². The molecule has 18 heavy (non-hydrogen) atoms. The number of carbonyl (C=O) groups is 1. The summed E-state index contributed by atoms with van der Waals surface area (Å²) in [6.07, 6.45) is 3.49. The third-order valence-electron chi connectivity index (χ3n) is 2.70. The van der Waals surface area contributed by atoms with Crippen LogP contribution in [-0.2, 0) is 7.05 Å². The smallest absolute Gasteiger partial charge is 0.251 e. The van der Waals surface area contributed by atoms with E-state index in [-0.39, 0.29) is 17.8 Å². The number of benzene rings is 1. The molecule has 0 aliphatic rings. The van der Waals surface area contributed by atoms with Crippen LogP contribution in [0.3, 0.4) is 0 Å². The highest BCUT2D eigenvalue weighted by Crippen LogP contribution is 2.10. The largest absolute Gasteiger partial charge is 0.342 e. The molecule has 2 rings (SSSR count). The molecular weight excluding hydrogens is 233 g/mol. The van der Waals surface area contributed by atoms with Crippen molar-refractivity contribution in [2.24, 2.45) is 7.05 Å². The number of hydrogen-bond donors (Lipinski definition) is 1. The Hall–Kier alpha value is -2.17. The van der Waals surface area contributed by atoms with Gasteiger partial charge in [-0.25, -0.2) is 9.37 Å². The Labute approximate surface area is 104 Å². The van der Waals surface area contributed by atoms with Crippen LogP contribution in [0.5, 0.6) is 0 Å². The van der Waals surface area contributed by atoms with E-state index in [4.69, 9.17) is 0 Å². The zero-order valence-corrected chi connectivity index (χ0v) is 10.2. The lowest BCUT2D eigenvalue weighted by molar-refractivity contribution is 0.0938. The lowest BCUT2D eigenvalue weighted by Crippen LogP contribution is -2.28. The van der Waals surface area contributed by atoms with Gasteiger partial charge in [-0.15, -0.1) is 0 Å². The lowest BCUT2D eigenvalue weighted by atomic mass is 10.2. The molecular formula is C13H14FN3O. The molecule has 0 fully saturated rings. The number of nitrogens with zero attached hydrogens (tertiary/aromatic N) is 2. The molecule has 1 atom stereocenters. The summed E-state index contributed by atoms with van der Waals surface area (Å²) in [7, 11) is 1.86. The van der Waals surface area contributed by atoms with E-state index in [2.05, 4.69) is 10.3 Å². The minimum atomic E-state index is -0.358. The van der Waals surface area contributed by atoms with Crippen LogP contribution in [0.15, 0.2) is 36.7 Å². The van der Waals surface area contributed by atoms with Gasteiger partial charge in [-0.3, -0.25) is 4.79 Å². The zero-order valence-electron chi connectivity index (χ0n) is 10.2. The summed E-state index contributed by atoms with van der Waals surface area (Å²) in [5.41, 5.74) is 0.428. The predicted octanol–water partition coefficient (Wildman–Crippen LogP) is 2.05. The first-order chi connectivity index (χ1) is 8.58. The number of halogens is 1. The van der Waals surface area contributed by atoms with Gasteiger partial charge in [0.15, 0.2) is 0 Å². The van der Waals surface area contributed by atoms with Crippen molar-refractivity contribution >= 4 is 5.91 Å². The standard InChI is InChI=1S/C13H14FN3O/c1-9(12-15-7-8-17(12)2)16-13(18)10-3-5-11(14)6-4-10/h3-9H,1-2H3,(H,16,18). The van der Waals surface area contributed by atoms with Crippen molar-refractivity contribution in [1.82, 2.24) is 14.9 Å². The molecule has 0 aliphatic carbocycles. The monoisotopic (exact) mass is 247 g/mol. The maximum atomic E-state index is 12.7. The lowest BCUT2D eigenvalue weighted by Gasteiger charge is -2.13. The van der Waals surface area contributed by atoms with Crippen molar-refractivity contribution in [3.05, 3.63) is 53.9 Å². The van der Waals surface area contributed by atoms with Crippen LogP contribution in [0.1, 0.15) is 29.1 Å². The van der Waals surface area contributed by atoms with Crippen LogP contribution >= 0.6 is 0 Å². The number of rotatable bonds is 3. The van der Waals surface area contributed by atoms with E-state index < -0.39 is 0 Å². The van der Waals surface area contributed by atoms with Gasteiger partial charge in [-0.2, -0.15) is 0 Å². The van der Waals surface area contributed by atoms with Gasteiger partial charge in [0.05, 0.1) is 6.04 Å². The van der Waals surface area contributed by atoms with Gasteiger partial charge < -0.3 is 9.88 Å². The number of imidazole rings is 1. The molecule has 1 N–H and O–H groups in total. The summed E-state index contributed by atoms with van der Waals surface area (Å²) >= 11 is 0. The molecule has 4 nitrogen and oxygen atoms in total. The average Bonchev–Trinajstić information content (AvgIpc) is 2.76. The number of amides is 1. The van der Waals surface area contributed by atoms with E-state index in [1.54, 1.807) is 6.20 Å². The summed E-state index contributed by atoms with van der Waals surface area (Å²) in [6, 6.07) is 5.23. The summed E-state index contributed by atoms with van der Waals surface area (Å²) < 4.78 is 14.6. The molecule has 1 heterocycles. The molecule has 1 aromatic carbocycles. The first-order valence-corrected chi connectivity index (χ1v) is 5.61. The maximum absolute atomic E-state index is 12.7. The molecule has 2 aromatic rings. The summed E-state index contributed by atoms with van der Waals surface area (Å²) in [5, 5.41) is 2.81. The summed E-state index contributed by atoms with van der Waals surface area (Å²) in [5.74, 6) is 0.166. The van der Waals surface area contributed by atoms with Gasteiger partial charge >= 0.3 is 0 Å². The molecule has 1 unspecified atom stereocenters. The second-order valence-electron chi connectivity index (χ2n) is 4.10. The number of aromatic nitrogens is 2. The molecule has 0 bridgehead atoms. The molecule has 0 saturated heterocycles. The Bertz CT molecular complexity index is 548. The highest BCUT2D eigenvalue weighted by Gasteiger charge is 2.14. The van der Waals surface area contributed by atoms with Crippen LogP contribution in [-0.4, -0.2) is 15.5 Å². The first-order valence-electron chi connectivity index (χ1n) is 5.61. The zero-order chi connectivity index (χ0) is 13.1. The molecule has 1 aromatic heterocycles. The van der Waals surface area contributed by atoms with Gasteiger partial charge in [0.1, 0.15) is 11.6 Å². The normalized spacial score (nSPS) is 12.2. The Morgan fingerprint density at radius 2 is 2.06 bits per heavy atom. The Morgan fingerprint density at radius 1 is 1.39 bits per heavy atom. The summed E-state index contributed by atoms with van der Waals surface area (Å²) in [6.45, 7) is 1.85. The van der Waals surface area contributed by atoms with Crippen molar-refractivity contribution in [1.29, 1.82) is 0 Å². The van der Waals surface area contributed by atoms with E-state index >= 15 is 0 Å². The quantitative estimate of drug-likeness (QED) is 0.902. The molecule has 5 heteroatoms. The number of aryl methyl sites for hydroxylation is 1. The molecule has 0 aliphatic heterocycles. The Balaban J connectivity index is 2.08. The van der Waals surface area contributed by atoms with Crippen LogP contribution in [0.4, 0.5) is 4.39 Å². The van der Waals surface area contributed by atoms with Gasteiger partial charge in [-0.05, 0) is 31.2 Å². The van der Waals surface area contributed by atoms with Crippen LogP contribution in [0.2, 0.25) is 0 Å². The summed E-state index contributed by atoms with van der Waals surface area (Å²) in [4.78, 5) is 16.1. The molecule has 0 saturated carbocycles. The highest BCUT2D eigenvalue weighted by atomic mass is 19.1. The second kappa shape index (κ2) is 5.00. The van der Waals surface area contributed by atoms with Crippen LogP contribution in [0.25, 0.3) is 0 Å². The average molecular weight is 247 g/mol. The number of carbonyl (C=O) groups excluding carboxylic acids is 1. The number of hydrogen-bond acceptors (Lipinski definition) is 2. The second-order valence-corrected chi connectivity index (χ2v) is 4.10. The Morgan fingerprint density at radius 3 is 2.61 bits per heavy atom. The van der Waals surface area contributed by atoms with Crippen molar-refractivity contribution in [2.75, 3.05) is 0 Å². The van der Waals surface area contributed by atoms with E-state index in [9.17, 15) is 9.18 Å². The first kappa shape index (κ1) is 12.3. The Kier molecular flexibility index (Phi) is 3.41. The fraction of sp³-hybridized carbons (Fsp3) is 0.231. The number of nitrogens with one attached hydrogen (secondary N) is 1. The minimum Gasteiger partial charge on any atom is -0.342 e. The topological polar surface area (TPSA) is 46.9 Å². The van der Waals surface area contributed by atoms with Gasteiger partial charge in [0.2, 0.25) is 0 Å². The SMILES string of the molecule is CC(NC(=O)c1ccc(F)cc1)c1nccn1C. The highest BCUT2D eigenvalue weighted by molar-refractivity contribution is 5.94. The molecule has 1 amide bonds. The van der Waals surface area contributed by atoms with Crippen LogP contribution < -0.4 is 5.32 Å². The maximum Gasteiger partial charge on any atom is 0.251 e. The third kappa shape index (κ3) is 2.56. The predicted molar refractivity (Wildman–Crippen MR) is 65.5 cm³/mol. The van der Waals surface area contributed by atoms with Gasteiger partial charge in [-0.1, -0.05) is 0 Å². The molecule has 0 radical (unpaired) electrons. The van der Waals surface area contributed by atoms with E-state index in [1.807, 2.05) is 24.7 Å². The fourth-order valence-corrected chi connectivity index (χ4v) is 1.74. The van der Waals surface area contributed by atoms with Gasteiger partial charge in [0.25, 0.3) is 5.91 Å². The van der Waals surface area contributed by atoms with E-state index in [1.165, 1.54) is 24.3 Å². The third-order valence-corrected chi connectivity index (χ3v) is 2.70. The van der Waals surface area contributed by atoms with Crippen molar-refractivity contribution < 1.29 is 9.18 Å². The van der Waals surface area contributed by atoms with Crippen molar-refractivity contribution in [2.45, 2.75) is 13.0 Å². The van der Waals surface area contributed by atoms with Crippen LogP contribution in [0, 0.1) is 5.82 Å². The molecule has 94 valence electrons. The fourth-order valence-electron chi connectivity index (χ4n) is 1.74. The van der Waals surface area contributed by atoms with E-state index in [0.29, 0.717) is 5.56 Å². The molecule has 0 spiro atoms.